The lowest BCUT2D eigenvalue weighted by molar-refractivity contribution is 0.488. The second-order valence-electron chi connectivity index (χ2n) is 4.69. The molecule has 1 aromatic rings. The molecule has 0 unspecified atom stereocenters. The largest absolute Gasteiger partial charge is 0.310 e. The number of halogens is 1. The Balaban J connectivity index is 2.55. The van der Waals surface area contributed by atoms with Crippen molar-refractivity contribution in [2.24, 2.45) is 0 Å². The number of alkyl halides is 1. The van der Waals surface area contributed by atoms with Gasteiger partial charge in [-0.3, -0.25) is 4.79 Å². The van der Waals surface area contributed by atoms with Gasteiger partial charge in [0.1, 0.15) is 0 Å². The van der Waals surface area contributed by atoms with Crippen molar-refractivity contribution in [1.82, 2.24) is 4.57 Å². The van der Waals surface area contributed by atoms with E-state index < -0.39 is 0 Å². The van der Waals surface area contributed by atoms with Crippen LogP contribution in [0.4, 0.5) is 0 Å². The normalized spacial score (nSPS) is 16.9. The average molecular weight is 240 g/mol. The highest BCUT2D eigenvalue weighted by atomic mass is 35.5. The van der Waals surface area contributed by atoms with Crippen molar-refractivity contribution in [3.8, 4) is 0 Å². The fourth-order valence-corrected chi connectivity index (χ4v) is 3.05. The van der Waals surface area contributed by atoms with Crippen molar-refractivity contribution in [3.05, 3.63) is 33.2 Å². The monoisotopic (exact) mass is 239 g/mol. The van der Waals surface area contributed by atoms with E-state index in [4.69, 9.17) is 11.6 Å². The summed E-state index contributed by atoms with van der Waals surface area (Å²) >= 11 is 5.86. The van der Waals surface area contributed by atoms with E-state index in [1.54, 1.807) is 0 Å². The highest BCUT2D eigenvalue weighted by Crippen LogP contribution is 2.29. The fraction of sp³-hybridized carbons (Fsp3) is 0.615. The Morgan fingerprint density at radius 1 is 1.38 bits per heavy atom. The van der Waals surface area contributed by atoms with Gasteiger partial charge in [0, 0.05) is 17.3 Å². The lowest BCUT2D eigenvalue weighted by Crippen LogP contribution is -2.28. The molecule has 0 aromatic carbocycles. The summed E-state index contributed by atoms with van der Waals surface area (Å²) in [5.74, 6) is 0.317. The molecule has 1 heterocycles. The molecular weight excluding hydrogens is 222 g/mol. The molecule has 88 valence electrons. The molecule has 1 aromatic heterocycles. The summed E-state index contributed by atoms with van der Waals surface area (Å²) in [6.07, 6.45) is 4.73. The van der Waals surface area contributed by atoms with Crippen LogP contribution < -0.4 is 5.56 Å². The van der Waals surface area contributed by atoms with Crippen LogP contribution in [-0.4, -0.2) is 4.57 Å². The number of aromatic nitrogens is 1. The Labute approximate surface area is 101 Å². The third kappa shape index (κ3) is 1.91. The van der Waals surface area contributed by atoms with E-state index in [9.17, 15) is 4.79 Å². The minimum atomic E-state index is 0.124. The van der Waals surface area contributed by atoms with Gasteiger partial charge in [-0.05, 0) is 38.3 Å². The summed E-state index contributed by atoms with van der Waals surface area (Å²) in [5, 5.41) is 0. The molecule has 2 nitrogen and oxygen atoms in total. The average Bonchev–Trinajstić information content (AvgIpc) is 2.70. The molecule has 1 aliphatic rings. The van der Waals surface area contributed by atoms with Gasteiger partial charge < -0.3 is 4.57 Å². The van der Waals surface area contributed by atoms with Crippen LogP contribution in [0.5, 0.6) is 0 Å². The van der Waals surface area contributed by atoms with E-state index in [1.165, 1.54) is 12.8 Å². The van der Waals surface area contributed by atoms with Gasteiger partial charge in [-0.2, -0.15) is 0 Å². The van der Waals surface area contributed by atoms with Crippen LogP contribution in [0.2, 0.25) is 0 Å². The Morgan fingerprint density at radius 3 is 2.56 bits per heavy atom. The zero-order valence-corrected chi connectivity index (χ0v) is 10.7. The van der Waals surface area contributed by atoms with Gasteiger partial charge in [-0.1, -0.05) is 12.8 Å². The van der Waals surface area contributed by atoms with Crippen molar-refractivity contribution >= 4 is 11.6 Å². The molecule has 0 spiro atoms. The SMILES string of the molecule is Cc1cc(C)n(C2CCCC2)c(=O)c1CCl. The van der Waals surface area contributed by atoms with Crippen molar-refractivity contribution < 1.29 is 0 Å². The molecule has 1 saturated carbocycles. The van der Waals surface area contributed by atoms with E-state index in [-0.39, 0.29) is 5.56 Å². The van der Waals surface area contributed by atoms with E-state index in [1.807, 2.05) is 18.4 Å². The summed E-state index contributed by atoms with van der Waals surface area (Å²) in [6.45, 7) is 3.98. The molecule has 1 aliphatic carbocycles. The van der Waals surface area contributed by atoms with Crippen LogP contribution >= 0.6 is 11.6 Å². The van der Waals surface area contributed by atoms with Crippen LogP contribution in [0, 0.1) is 13.8 Å². The fourth-order valence-electron chi connectivity index (χ4n) is 2.72. The molecule has 3 heteroatoms. The smallest absolute Gasteiger partial charge is 0.255 e. The number of rotatable bonds is 2. The maximum atomic E-state index is 12.3. The number of hydrogen-bond donors (Lipinski definition) is 0. The van der Waals surface area contributed by atoms with E-state index in [0.29, 0.717) is 11.9 Å². The molecule has 0 bridgehead atoms. The van der Waals surface area contributed by atoms with Gasteiger partial charge >= 0.3 is 0 Å². The van der Waals surface area contributed by atoms with Crippen LogP contribution in [0.15, 0.2) is 10.9 Å². The molecular formula is C13H18ClNO. The van der Waals surface area contributed by atoms with Crippen LogP contribution in [0.3, 0.4) is 0 Å². The van der Waals surface area contributed by atoms with Crippen LogP contribution in [-0.2, 0) is 5.88 Å². The minimum Gasteiger partial charge on any atom is -0.310 e. The summed E-state index contributed by atoms with van der Waals surface area (Å²) < 4.78 is 1.96. The highest BCUT2D eigenvalue weighted by molar-refractivity contribution is 6.17. The van der Waals surface area contributed by atoms with E-state index >= 15 is 0 Å². The zero-order valence-electron chi connectivity index (χ0n) is 9.92. The van der Waals surface area contributed by atoms with Gasteiger partial charge in [-0.15, -0.1) is 11.6 Å². The van der Waals surface area contributed by atoms with Crippen molar-refractivity contribution in [1.29, 1.82) is 0 Å². The van der Waals surface area contributed by atoms with Crippen LogP contribution in [0.1, 0.15) is 48.5 Å². The maximum Gasteiger partial charge on any atom is 0.255 e. The Kier molecular flexibility index (Phi) is 3.38. The first-order chi connectivity index (χ1) is 7.65. The summed E-state index contributed by atoms with van der Waals surface area (Å²) in [7, 11) is 0. The van der Waals surface area contributed by atoms with Gasteiger partial charge in [0.15, 0.2) is 0 Å². The van der Waals surface area contributed by atoms with Crippen molar-refractivity contribution in [2.45, 2.75) is 51.5 Å². The highest BCUT2D eigenvalue weighted by Gasteiger charge is 2.21. The molecule has 0 N–H and O–H groups in total. The summed E-state index contributed by atoms with van der Waals surface area (Å²) in [5.41, 5.74) is 2.98. The maximum absolute atomic E-state index is 12.3. The molecule has 16 heavy (non-hydrogen) atoms. The molecule has 0 radical (unpaired) electrons. The second kappa shape index (κ2) is 4.62. The zero-order chi connectivity index (χ0) is 11.7. The quantitative estimate of drug-likeness (QED) is 0.726. The number of hydrogen-bond acceptors (Lipinski definition) is 1. The molecule has 2 rings (SSSR count). The summed E-state index contributed by atoms with van der Waals surface area (Å²) in [4.78, 5) is 12.3. The van der Waals surface area contributed by atoms with Gasteiger partial charge in [-0.25, -0.2) is 0 Å². The van der Waals surface area contributed by atoms with E-state index in [0.717, 1.165) is 29.7 Å². The Bertz CT molecular complexity index is 444. The van der Waals surface area contributed by atoms with Crippen molar-refractivity contribution in [3.63, 3.8) is 0 Å². The molecule has 1 fully saturated rings. The van der Waals surface area contributed by atoms with Crippen LogP contribution in [0.25, 0.3) is 0 Å². The van der Waals surface area contributed by atoms with Gasteiger partial charge in [0.05, 0.1) is 5.88 Å². The number of pyridine rings is 1. The summed E-state index contributed by atoms with van der Waals surface area (Å²) in [6, 6.07) is 2.48. The lowest BCUT2D eigenvalue weighted by atomic mass is 10.1. The topological polar surface area (TPSA) is 22.0 Å². The van der Waals surface area contributed by atoms with Gasteiger partial charge in [0.2, 0.25) is 0 Å². The molecule has 0 amide bonds. The molecule has 0 atom stereocenters. The predicted molar refractivity (Wildman–Crippen MR) is 67.2 cm³/mol. The van der Waals surface area contributed by atoms with E-state index in [2.05, 4.69) is 6.07 Å². The first kappa shape index (κ1) is 11.7. The Morgan fingerprint density at radius 2 is 2.00 bits per heavy atom. The second-order valence-corrected chi connectivity index (χ2v) is 4.96. The Hall–Kier alpha value is -0.760. The predicted octanol–water partition coefficient (Wildman–Crippen LogP) is 3.32. The third-order valence-electron chi connectivity index (χ3n) is 3.58. The number of aryl methyl sites for hydroxylation is 2. The lowest BCUT2D eigenvalue weighted by Gasteiger charge is -2.19. The minimum absolute atomic E-state index is 0.124. The first-order valence-electron chi connectivity index (χ1n) is 5.92. The molecule has 0 saturated heterocycles. The van der Waals surface area contributed by atoms with Crippen molar-refractivity contribution in [2.75, 3.05) is 0 Å². The third-order valence-corrected chi connectivity index (χ3v) is 3.85. The first-order valence-corrected chi connectivity index (χ1v) is 6.46. The standard InChI is InChI=1S/C13H18ClNO/c1-9-7-10(2)15(11-5-3-4-6-11)13(16)12(9)8-14/h7,11H,3-6,8H2,1-2H3. The van der Waals surface area contributed by atoms with Gasteiger partial charge in [0.25, 0.3) is 5.56 Å². The number of nitrogens with zero attached hydrogens (tertiary/aromatic N) is 1. The molecule has 0 aliphatic heterocycles.